The fourth-order valence-electron chi connectivity index (χ4n) is 1.32. The van der Waals surface area contributed by atoms with Crippen LogP contribution in [0.5, 0.6) is 0 Å². The molecule has 17 heavy (non-hydrogen) atoms. The second kappa shape index (κ2) is 8.79. The molecule has 1 aromatic carbocycles. The van der Waals surface area contributed by atoms with E-state index in [4.69, 9.17) is 10.5 Å². The second-order valence-electron chi connectivity index (χ2n) is 3.37. The average Bonchev–Trinajstić information content (AvgIpc) is 2.29. The highest BCUT2D eigenvalue weighted by Crippen LogP contribution is 2.06. The van der Waals surface area contributed by atoms with Gasteiger partial charge in [0.1, 0.15) is 0 Å². The van der Waals surface area contributed by atoms with Gasteiger partial charge >= 0.3 is 5.97 Å². The number of rotatable bonds is 5. The molecule has 1 aromatic rings. The number of ether oxygens (including phenoxy) is 1. The summed E-state index contributed by atoms with van der Waals surface area (Å²) < 4.78 is 4.78. The van der Waals surface area contributed by atoms with E-state index in [0.29, 0.717) is 13.2 Å². The molecule has 0 aliphatic rings. The van der Waals surface area contributed by atoms with Crippen molar-refractivity contribution in [1.29, 1.82) is 0 Å². The zero-order chi connectivity index (χ0) is 11.8. The van der Waals surface area contributed by atoms with Gasteiger partial charge in [0.2, 0.25) is 0 Å². The summed E-state index contributed by atoms with van der Waals surface area (Å²) in [4.78, 5) is 11.1. The van der Waals surface area contributed by atoms with Crippen molar-refractivity contribution < 1.29 is 9.53 Å². The number of nitrogens with two attached hydrogens (primary N) is 1. The van der Waals surface area contributed by atoms with E-state index in [9.17, 15) is 4.79 Å². The summed E-state index contributed by atoms with van der Waals surface area (Å²) in [5.74, 6) is -0.312. The van der Waals surface area contributed by atoms with Crippen LogP contribution in [0.1, 0.15) is 18.1 Å². The minimum atomic E-state index is -0.312. The van der Waals surface area contributed by atoms with E-state index < -0.39 is 0 Å². The molecule has 4 heteroatoms. The van der Waals surface area contributed by atoms with Gasteiger partial charge in [0.25, 0.3) is 0 Å². The summed E-state index contributed by atoms with van der Waals surface area (Å²) in [5.41, 5.74) is 7.64. The van der Waals surface area contributed by atoms with Crippen LogP contribution >= 0.6 is 12.4 Å². The van der Waals surface area contributed by atoms with E-state index in [1.807, 2.05) is 24.3 Å². The van der Waals surface area contributed by atoms with Crippen LogP contribution in [0.4, 0.5) is 0 Å². The predicted molar refractivity (Wildman–Crippen MR) is 72.1 cm³/mol. The lowest BCUT2D eigenvalue weighted by molar-refractivity contribution is -0.137. The van der Waals surface area contributed by atoms with E-state index >= 15 is 0 Å². The highest BCUT2D eigenvalue weighted by molar-refractivity contribution is 5.87. The molecule has 1 rings (SSSR count). The normalized spacial score (nSPS) is 10.0. The second-order valence-corrected chi connectivity index (χ2v) is 3.37. The molecule has 0 aromatic heterocycles. The number of carbonyl (C=O) groups is 1. The monoisotopic (exact) mass is 255 g/mol. The summed E-state index contributed by atoms with van der Waals surface area (Å²) in [6.45, 7) is 2.84. The van der Waals surface area contributed by atoms with Crippen LogP contribution in [0.15, 0.2) is 30.3 Å². The van der Waals surface area contributed by atoms with Crippen molar-refractivity contribution in [3.05, 3.63) is 41.5 Å². The fraction of sp³-hybridized carbons (Fsp3) is 0.308. The topological polar surface area (TPSA) is 52.3 Å². The first-order valence-electron chi connectivity index (χ1n) is 5.40. The molecule has 0 saturated carbocycles. The van der Waals surface area contributed by atoms with Crippen LogP contribution in [0.2, 0.25) is 0 Å². The van der Waals surface area contributed by atoms with Crippen LogP contribution in [-0.2, 0) is 16.0 Å². The Morgan fingerprint density at radius 1 is 1.35 bits per heavy atom. The Morgan fingerprint density at radius 2 is 2.00 bits per heavy atom. The molecule has 0 fully saturated rings. The number of carbonyl (C=O) groups excluding carboxylic acids is 1. The van der Waals surface area contributed by atoms with Gasteiger partial charge in [0, 0.05) is 6.08 Å². The van der Waals surface area contributed by atoms with E-state index in [0.717, 1.165) is 12.0 Å². The third-order valence-electron chi connectivity index (χ3n) is 2.11. The van der Waals surface area contributed by atoms with Crippen molar-refractivity contribution in [3.63, 3.8) is 0 Å². The minimum Gasteiger partial charge on any atom is -0.463 e. The quantitative estimate of drug-likeness (QED) is 0.648. The van der Waals surface area contributed by atoms with Gasteiger partial charge in [-0.3, -0.25) is 0 Å². The number of hydrogen-bond acceptors (Lipinski definition) is 3. The van der Waals surface area contributed by atoms with E-state index in [1.54, 1.807) is 13.0 Å². The van der Waals surface area contributed by atoms with Crippen molar-refractivity contribution in [2.24, 2.45) is 5.73 Å². The van der Waals surface area contributed by atoms with E-state index in [-0.39, 0.29) is 18.4 Å². The third kappa shape index (κ3) is 6.09. The SMILES string of the molecule is CCOC(=O)/C=C/c1ccc(CCN)cc1.Cl. The summed E-state index contributed by atoms with van der Waals surface area (Å²) in [5, 5.41) is 0. The molecule has 0 spiro atoms. The number of halogens is 1. The van der Waals surface area contributed by atoms with Gasteiger partial charge in [0.05, 0.1) is 6.61 Å². The lowest BCUT2D eigenvalue weighted by atomic mass is 10.1. The highest BCUT2D eigenvalue weighted by Gasteiger charge is 1.94. The standard InChI is InChI=1S/C13H17NO2.ClH/c1-2-16-13(15)8-7-11-3-5-12(6-4-11)9-10-14;/h3-8H,2,9-10,14H2,1H3;1H/b8-7+;. The molecule has 0 aliphatic heterocycles. The van der Waals surface area contributed by atoms with E-state index in [1.165, 1.54) is 11.6 Å². The molecule has 0 atom stereocenters. The number of benzene rings is 1. The smallest absolute Gasteiger partial charge is 0.330 e. The van der Waals surface area contributed by atoms with Gasteiger partial charge in [-0.05, 0) is 37.1 Å². The maximum absolute atomic E-state index is 11.1. The van der Waals surface area contributed by atoms with Crippen molar-refractivity contribution in [3.8, 4) is 0 Å². The largest absolute Gasteiger partial charge is 0.463 e. The molecule has 0 aliphatic carbocycles. The van der Waals surface area contributed by atoms with Gasteiger partial charge in [-0.2, -0.15) is 0 Å². The molecular weight excluding hydrogens is 238 g/mol. The first kappa shape index (κ1) is 15.7. The van der Waals surface area contributed by atoms with Gasteiger partial charge in [-0.1, -0.05) is 24.3 Å². The maximum Gasteiger partial charge on any atom is 0.330 e. The van der Waals surface area contributed by atoms with Gasteiger partial charge < -0.3 is 10.5 Å². The summed E-state index contributed by atoms with van der Waals surface area (Å²) in [6, 6.07) is 7.94. The molecule has 0 bridgehead atoms. The third-order valence-corrected chi connectivity index (χ3v) is 2.11. The Morgan fingerprint density at radius 3 is 2.53 bits per heavy atom. The Balaban J connectivity index is 0.00000256. The summed E-state index contributed by atoms with van der Waals surface area (Å²) in [6.07, 6.45) is 4.05. The van der Waals surface area contributed by atoms with Crippen LogP contribution in [-0.4, -0.2) is 19.1 Å². The molecule has 0 unspecified atom stereocenters. The first-order valence-corrected chi connectivity index (χ1v) is 5.40. The molecule has 3 nitrogen and oxygen atoms in total. The van der Waals surface area contributed by atoms with Crippen LogP contribution in [0.3, 0.4) is 0 Å². The molecule has 0 radical (unpaired) electrons. The number of esters is 1. The Kier molecular flexibility index (Phi) is 8.11. The Bertz CT molecular complexity index is 360. The molecule has 0 amide bonds. The molecule has 94 valence electrons. The molecule has 0 heterocycles. The lowest BCUT2D eigenvalue weighted by Gasteiger charge is -1.99. The average molecular weight is 256 g/mol. The highest BCUT2D eigenvalue weighted by atomic mass is 35.5. The molecule has 2 N–H and O–H groups in total. The summed E-state index contributed by atoms with van der Waals surface area (Å²) in [7, 11) is 0. The van der Waals surface area contributed by atoms with E-state index in [2.05, 4.69) is 0 Å². The molecular formula is C13H18ClNO2. The molecule has 0 saturated heterocycles. The van der Waals surface area contributed by atoms with Crippen LogP contribution < -0.4 is 5.73 Å². The van der Waals surface area contributed by atoms with Crippen molar-refractivity contribution >= 4 is 24.5 Å². The Labute approximate surface area is 108 Å². The minimum absolute atomic E-state index is 0. The van der Waals surface area contributed by atoms with Crippen LogP contribution in [0, 0.1) is 0 Å². The van der Waals surface area contributed by atoms with Crippen molar-refractivity contribution in [1.82, 2.24) is 0 Å². The van der Waals surface area contributed by atoms with Gasteiger partial charge in [-0.25, -0.2) is 4.79 Å². The maximum atomic E-state index is 11.1. The zero-order valence-corrected chi connectivity index (χ0v) is 10.7. The van der Waals surface area contributed by atoms with Gasteiger partial charge in [-0.15, -0.1) is 12.4 Å². The fourth-order valence-corrected chi connectivity index (χ4v) is 1.32. The summed E-state index contributed by atoms with van der Waals surface area (Å²) >= 11 is 0. The van der Waals surface area contributed by atoms with Crippen LogP contribution in [0.25, 0.3) is 6.08 Å². The zero-order valence-electron chi connectivity index (χ0n) is 9.89. The van der Waals surface area contributed by atoms with Gasteiger partial charge in [0.15, 0.2) is 0 Å². The first-order chi connectivity index (χ1) is 7.76. The Hall–Kier alpha value is -1.32. The lowest BCUT2D eigenvalue weighted by Crippen LogP contribution is -2.02. The predicted octanol–water partition coefficient (Wildman–Crippen LogP) is 2.19. The van der Waals surface area contributed by atoms with Crippen molar-refractivity contribution in [2.45, 2.75) is 13.3 Å². The van der Waals surface area contributed by atoms with Crippen molar-refractivity contribution in [2.75, 3.05) is 13.2 Å². The number of hydrogen-bond donors (Lipinski definition) is 1.